The van der Waals surface area contributed by atoms with E-state index in [1.807, 2.05) is 0 Å². The third-order valence-electron chi connectivity index (χ3n) is 3.85. The van der Waals surface area contributed by atoms with Crippen LogP contribution in [-0.2, 0) is 0 Å². The smallest absolute Gasteiger partial charge is 0.119 e. The van der Waals surface area contributed by atoms with Gasteiger partial charge in [-0.3, -0.25) is 0 Å². The van der Waals surface area contributed by atoms with E-state index in [1.54, 1.807) is 11.5 Å². The standard InChI is InChI=1S/C15H21N3S/c1-2-16-10-12-6-5-9-18(11-12)15-13-7-3-4-8-14(13)17-19-15/h3-4,7-8,12,16H,2,5-6,9-11H2,1H3. The number of nitrogens with one attached hydrogen (secondary N) is 1. The first-order chi connectivity index (χ1) is 9.38. The largest absolute Gasteiger partial charge is 0.361 e. The molecule has 1 aromatic heterocycles. The summed E-state index contributed by atoms with van der Waals surface area (Å²) in [5.74, 6) is 0.773. The Morgan fingerprint density at radius 3 is 3.21 bits per heavy atom. The average molecular weight is 275 g/mol. The van der Waals surface area contributed by atoms with Gasteiger partial charge in [-0.1, -0.05) is 19.1 Å². The van der Waals surface area contributed by atoms with Gasteiger partial charge in [0, 0.05) is 18.5 Å². The fraction of sp³-hybridized carbons (Fsp3) is 0.533. The van der Waals surface area contributed by atoms with Gasteiger partial charge in [-0.05, 0) is 55.5 Å². The van der Waals surface area contributed by atoms with E-state index in [9.17, 15) is 0 Å². The Morgan fingerprint density at radius 1 is 1.42 bits per heavy atom. The monoisotopic (exact) mass is 275 g/mol. The quantitative estimate of drug-likeness (QED) is 0.929. The summed E-state index contributed by atoms with van der Waals surface area (Å²) in [5.41, 5.74) is 1.14. The van der Waals surface area contributed by atoms with E-state index >= 15 is 0 Å². The van der Waals surface area contributed by atoms with E-state index < -0.39 is 0 Å². The summed E-state index contributed by atoms with van der Waals surface area (Å²) in [6.45, 7) is 6.73. The minimum absolute atomic E-state index is 0.773. The predicted octanol–water partition coefficient (Wildman–Crippen LogP) is 3.12. The molecule has 0 bridgehead atoms. The molecule has 1 atom stereocenters. The maximum Gasteiger partial charge on any atom is 0.119 e. The van der Waals surface area contributed by atoms with Crippen molar-refractivity contribution in [3.63, 3.8) is 0 Å². The molecule has 1 N–H and O–H groups in total. The summed E-state index contributed by atoms with van der Waals surface area (Å²) in [6, 6.07) is 8.48. The molecule has 0 amide bonds. The normalized spacial score (nSPS) is 20.1. The topological polar surface area (TPSA) is 28.2 Å². The van der Waals surface area contributed by atoms with Crippen LogP contribution >= 0.6 is 11.5 Å². The minimum Gasteiger partial charge on any atom is -0.361 e. The summed E-state index contributed by atoms with van der Waals surface area (Å²) in [4.78, 5) is 2.53. The molecule has 0 aliphatic carbocycles. The number of piperidine rings is 1. The first kappa shape index (κ1) is 12.9. The van der Waals surface area contributed by atoms with Gasteiger partial charge >= 0.3 is 0 Å². The lowest BCUT2D eigenvalue weighted by Gasteiger charge is -2.33. The number of hydrogen-bond acceptors (Lipinski definition) is 4. The van der Waals surface area contributed by atoms with Crippen LogP contribution in [0, 0.1) is 5.92 Å². The number of fused-ring (bicyclic) bond motifs is 1. The molecule has 1 aromatic carbocycles. The third kappa shape index (κ3) is 2.74. The lowest BCUT2D eigenvalue weighted by molar-refractivity contribution is 0.397. The third-order valence-corrected chi connectivity index (χ3v) is 4.79. The van der Waals surface area contributed by atoms with Crippen LogP contribution in [0.4, 0.5) is 5.00 Å². The zero-order valence-corrected chi connectivity index (χ0v) is 12.2. The molecule has 19 heavy (non-hydrogen) atoms. The molecular formula is C15H21N3S. The lowest BCUT2D eigenvalue weighted by Crippen LogP contribution is -2.39. The van der Waals surface area contributed by atoms with Crippen LogP contribution in [-0.4, -0.2) is 30.6 Å². The summed E-state index contributed by atoms with van der Waals surface area (Å²) >= 11 is 1.65. The SMILES string of the molecule is CCNCC1CCCN(c2snc3ccccc23)C1. The minimum atomic E-state index is 0.773. The van der Waals surface area contributed by atoms with Gasteiger partial charge in [0.25, 0.3) is 0 Å². The second kappa shape index (κ2) is 5.88. The molecule has 0 spiro atoms. The van der Waals surface area contributed by atoms with Crippen molar-refractivity contribution in [3.05, 3.63) is 24.3 Å². The molecule has 1 aliphatic rings. The highest BCUT2D eigenvalue weighted by Crippen LogP contribution is 2.33. The Kier molecular flexibility index (Phi) is 3.99. The molecule has 2 aromatic rings. The van der Waals surface area contributed by atoms with Crippen molar-refractivity contribution in [2.75, 3.05) is 31.1 Å². The van der Waals surface area contributed by atoms with Crippen molar-refractivity contribution in [2.45, 2.75) is 19.8 Å². The van der Waals surface area contributed by atoms with Crippen molar-refractivity contribution in [3.8, 4) is 0 Å². The van der Waals surface area contributed by atoms with Crippen molar-refractivity contribution in [1.82, 2.24) is 9.69 Å². The molecule has 4 heteroatoms. The predicted molar refractivity (Wildman–Crippen MR) is 83.1 cm³/mol. The van der Waals surface area contributed by atoms with E-state index in [4.69, 9.17) is 0 Å². The van der Waals surface area contributed by atoms with Crippen molar-refractivity contribution in [2.24, 2.45) is 5.92 Å². The Bertz CT molecular complexity index is 537. The zero-order chi connectivity index (χ0) is 13.1. The summed E-state index contributed by atoms with van der Waals surface area (Å²) in [6.07, 6.45) is 2.64. The van der Waals surface area contributed by atoms with E-state index in [2.05, 4.69) is 45.8 Å². The van der Waals surface area contributed by atoms with Crippen molar-refractivity contribution < 1.29 is 0 Å². The van der Waals surface area contributed by atoms with E-state index in [1.165, 1.54) is 36.3 Å². The highest BCUT2D eigenvalue weighted by atomic mass is 32.1. The van der Waals surface area contributed by atoms with Crippen LogP contribution < -0.4 is 10.2 Å². The number of rotatable bonds is 4. The molecule has 3 nitrogen and oxygen atoms in total. The summed E-state index contributed by atoms with van der Waals surface area (Å²) in [7, 11) is 0. The fourth-order valence-corrected chi connectivity index (χ4v) is 3.76. The van der Waals surface area contributed by atoms with Gasteiger partial charge in [-0.25, -0.2) is 0 Å². The second-order valence-corrected chi connectivity index (χ2v) is 6.02. The molecule has 0 radical (unpaired) electrons. The Hall–Kier alpha value is -1.13. The Labute approximate surface area is 118 Å². The van der Waals surface area contributed by atoms with Crippen LogP contribution in [0.3, 0.4) is 0 Å². The number of nitrogens with zero attached hydrogens (tertiary/aromatic N) is 2. The molecule has 2 heterocycles. The van der Waals surface area contributed by atoms with Crippen LogP contribution in [0.5, 0.6) is 0 Å². The van der Waals surface area contributed by atoms with Gasteiger partial charge in [0.15, 0.2) is 0 Å². The molecule has 0 saturated carbocycles. The summed E-state index contributed by atoms with van der Waals surface area (Å²) in [5, 5.41) is 6.16. The first-order valence-electron chi connectivity index (χ1n) is 7.18. The number of benzene rings is 1. The molecule has 1 aliphatic heterocycles. The molecular weight excluding hydrogens is 254 g/mol. The maximum atomic E-state index is 4.57. The highest BCUT2D eigenvalue weighted by Gasteiger charge is 2.22. The Morgan fingerprint density at radius 2 is 2.32 bits per heavy atom. The zero-order valence-electron chi connectivity index (χ0n) is 11.4. The fourth-order valence-electron chi connectivity index (χ4n) is 2.87. The molecule has 1 fully saturated rings. The van der Waals surface area contributed by atoms with Crippen LogP contribution in [0.25, 0.3) is 10.9 Å². The van der Waals surface area contributed by atoms with Crippen molar-refractivity contribution in [1.29, 1.82) is 0 Å². The molecule has 1 unspecified atom stereocenters. The molecule has 1 saturated heterocycles. The first-order valence-corrected chi connectivity index (χ1v) is 7.96. The average Bonchev–Trinajstić information content (AvgIpc) is 2.89. The van der Waals surface area contributed by atoms with Crippen molar-refractivity contribution >= 4 is 27.4 Å². The van der Waals surface area contributed by atoms with Crippen LogP contribution in [0.2, 0.25) is 0 Å². The van der Waals surface area contributed by atoms with Gasteiger partial charge in [-0.15, -0.1) is 0 Å². The summed E-state index contributed by atoms with van der Waals surface area (Å²) < 4.78 is 4.57. The Balaban J connectivity index is 1.77. The van der Waals surface area contributed by atoms with Gasteiger partial charge in [0.05, 0.1) is 5.52 Å². The van der Waals surface area contributed by atoms with Gasteiger partial charge in [0.1, 0.15) is 5.00 Å². The molecule has 3 rings (SSSR count). The van der Waals surface area contributed by atoms with E-state index in [-0.39, 0.29) is 0 Å². The number of aromatic nitrogens is 1. The van der Waals surface area contributed by atoms with E-state index in [0.717, 1.165) is 24.5 Å². The number of anilines is 1. The maximum absolute atomic E-state index is 4.57. The number of hydrogen-bond donors (Lipinski definition) is 1. The highest BCUT2D eigenvalue weighted by molar-refractivity contribution is 7.11. The van der Waals surface area contributed by atoms with Crippen LogP contribution in [0.1, 0.15) is 19.8 Å². The molecule has 102 valence electrons. The van der Waals surface area contributed by atoms with Crippen LogP contribution in [0.15, 0.2) is 24.3 Å². The van der Waals surface area contributed by atoms with Gasteiger partial charge in [-0.2, -0.15) is 4.37 Å². The second-order valence-electron chi connectivity index (χ2n) is 5.27. The van der Waals surface area contributed by atoms with Gasteiger partial charge < -0.3 is 10.2 Å². The lowest BCUT2D eigenvalue weighted by atomic mass is 9.98. The van der Waals surface area contributed by atoms with E-state index in [0.29, 0.717) is 0 Å². The van der Waals surface area contributed by atoms with Gasteiger partial charge in [0.2, 0.25) is 0 Å².